The van der Waals surface area contributed by atoms with Gasteiger partial charge in [0.2, 0.25) is 17.7 Å². The van der Waals surface area contributed by atoms with Crippen molar-refractivity contribution in [3.63, 3.8) is 0 Å². The Morgan fingerprint density at radius 2 is 2.03 bits per heavy atom. The molecule has 3 aromatic rings. The molecule has 14 heteroatoms. The number of benzene rings is 1. The molecule has 0 bridgehead atoms. The lowest BCUT2D eigenvalue weighted by Gasteiger charge is -2.25. The van der Waals surface area contributed by atoms with Crippen LogP contribution < -0.4 is 20.9 Å². The first-order valence-electron chi connectivity index (χ1n) is 10.7. The number of carbonyl (C=O) groups excluding carboxylic acids is 3. The Labute approximate surface area is 204 Å². The molecule has 0 radical (unpaired) electrons. The maximum atomic E-state index is 13.5. The van der Waals surface area contributed by atoms with Gasteiger partial charge in [0.25, 0.3) is 9.77 Å². The molecule has 184 valence electrons. The van der Waals surface area contributed by atoms with Crippen molar-refractivity contribution >= 4 is 61.2 Å². The van der Waals surface area contributed by atoms with E-state index in [-0.39, 0.29) is 62.6 Å². The number of aryl methyl sites for hydroxylation is 2. The van der Waals surface area contributed by atoms with Crippen molar-refractivity contribution in [2.24, 2.45) is 0 Å². The van der Waals surface area contributed by atoms with E-state index in [0.717, 1.165) is 11.3 Å². The summed E-state index contributed by atoms with van der Waals surface area (Å²) in [7, 11) is -4.18. The molecule has 1 fully saturated rings. The lowest BCUT2D eigenvalue weighted by molar-refractivity contribution is -0.135. The number of imide groups is 1. The number of hydrogen-bond donors (Lipinski definition) is 3. The molecule has 4 rings (SSSR count). The molecular formula is C21H22N6O6S2. The first-order valence-corrected chi connectivity index (χ1v) is 13.0. The summed E-state index contributed by atoms with van der Waals surface area (Å²) in [5.74, 6) is -1.09. The number of aromatic nitrogens is 3. The number of nitrogens with one attached hydrogen (secondary N) is 3. The van der Waals surface area contributed by atoms with Crippen molar-refractivity contribution in [1.82, 2.24) is 19.9 Å². The molecule has 1 aliphatic heterocycles. The number of sulfonamides is 1. The fourth-order valence-corrected chi connectivity index (χ4v) is 6.32. The van der Waals surface area contributed by atoms with Crippen LogP contribution in [0.1, 0.15) is 43.7 Å². The van der Waals surface area contributed by atoms with Gasteiger partial charge in [0.05, 0.1) is 16.6 Å². The smallest absolute Gasteiger partial charge is 0.264 e. The van der Waals surface area contributed by atoms with Crippen LogP contribution in [0.4, 0.5) is 10.8 Å². The van der Waals surface area contributed by atoms with Crippen LogP contribution in [-0.4, -0.2) is 36.8 Å². The first kappa shape index (κ1) is 24.6. The van der Waals surface area contributed by atoms with Crippen LogP contribution in [0.15, 0.2) is 27.2 Å². The molecule has 1 saturated heterocycles. The Kier molecular flexibility index (Phi) is 6.53. The largest absolute Gasteiger partial charge is 0.588 e. The topological polar surface area (TPSA) is 175 Å². The van der Waals surface area contributed by atoms with E-state index in [1.54, 1.807) is 26.0 Å². The average Bonchev–Trinajstić information content (AvgIpc) is 3.15. The van der Waals surface area contributed by atoms with Crippen molar-refractivity contribution in [1.29, 1.82) is 0 Å². The zero-order valence-electron chi connectivity index (χ0n) is 19.0. The monoisotopic (exact) mass is 518 g/mol. The van der Waals surface area contributed by atoms with Crippen LogP contribution in [-0.2, 0) is 29.0 Å². The predicted molar refractivity (Wildman–Crippen MR) is 129 cm³/mol. The van der Waals surface area contributed by atoms with Crippen LogP contribution >= 0.6 is 11.3 Å². The van der Waals surface area contributed by atoms with Crippen LogP contribution in [0.3, 0.4) is 0 Å². The van der Waals surface area contributed by atoms with Crippen molar-refractivity contribution in [3.05, 3.63) is 40.1 Å². The van der Waals surface area contributed by atoms with Crippen LogP contribution in [0.2, 0.25) is 0 Å². The number of rotatable bonds is 6. The predicted octanol–water partition coefficient (Wildman–Crippen LogP) is 1.81. The van der Waals surface area contributed by atoms with E-state index in [4.69, 9.17) is 0 Å². The maximum absolute atomic E-state index is 13.5. The Bertz CT molecular complexity index is 1480. The van der Waals surface area contributed by atoms with E-state index in [2.05, 4.69) is 25.3 Å². The van der Waals surface area contributed by atoms with Gasteiger partial charge in [-0.3, -0.25) is 29.1 Å². The second kappa shape index (κ2) is 9.28. The molecule has 2 aromatic heterocycles. The third kappa shape index (κ3) is 4.72. The second-order valence-electron chi connectivity index (χ2n) is 7.90. The van der Waals surface area contributed by atoms with E-state index in [9.17, 15) is 27.9 Å². The minimum atomic E-state index is -4.18. The Hall–Kier alpha value is -3.49. The molecule has 3 amide bonds. The number of nitrogens with zero attached hydrogens (tertiary/aromatic N) is 3. The Morgan fingerprint density at radius 3 is 2.71 bits per heavy atom. The molecule has 2 atom stereocenters. The van der Waals surface area contributed by atoms with Crippen molar-refractivity contribution in [3.8, 4) is 0 Å². The Balaban J connectivity index is 1.77. The van der Waals surface area contributed by atoms with E-state index in [0.29, 0.717) is 0 Å². The molecule has 3 heterocycles. The highest BCUT2D eigenvalue weighted by atomic mass is 32.3. The molecular weight excluding hydrogens is 496 g/mol. The fourth-order valence-electron chi connectivity index (χ4n) is 3.82. The van der Waals surface area contributed by atoms with Crippen molar-refractivity contribution in [2.75, 3.05) is 10.0 Å². The Morgan fingerprint density at radius 1 is 1.29 bits per heavy atom. The third-order valence-corrected chi connectivity index (χ3v) is 8.49. The summed E-state index contributed by atoms with van der Waals surface area (Å²) in [4.78, 5) is 57.6. The van der Waals surface area contributed by atoms with Crippen LogP contribution in [0.25, 0.3) is 10.9 Å². The number of thiazole rings is 1. The summed E-state index contributed by atoms with van der Waals surface area (Å²) in [6, 6.07) is 3.58. The summed E-state index contributed by atoms with van der Waals surface area (Å²) in [5, 5.41) is 4.88. The van der Waals surface area contributed by atoms with Crippen LogP contribution in [0.5, 0.6) is 0 Å². The number of piperidine rings is 1. The van der Waals surface area contributed by atoms with E-state index in [1.165, 1.54) is 17.6 Å². The molecule has 2 unspecified atom stereocenters. The molecule has 0 saturated carbocycles. The second-order valence-corrected chi connectivity index (χ2v) is 10.8. The zero-order valence-corrected chi connectivity index (χ0v) is 20.7. The van der Waals surface area contributed by atoms with Gasteiger partial charge in [-0.15, -0.1) is 0 Å². The zero-order chi connectivity index (χ0) is 25.5. The summed E-state index contributed by atoms with van der Waals surface area (Å²) >= 11 is 0.790. The molecule has 12 nitrogen and oxygen atoms in total. The van der Waals surface area contributed by atoms with E-state index >= 15 is 0 Å². The normalized spacial score (nSPS) is 17.7. The van der Waals surface area contributed by atoms with E-state index in [1.807, 2.05) is 0 Å². The number of hydrogen-bond acceptors (Lipinski definition) is 9. The van der Waals surface area contributed by atoms with Gasteiger partial charge in [0.1, 0.15) is 17.6 Å². The summed E-state index contributed by atoms with van der Waals surface area (Å²) in [5.41, 5.74) is -0.206. The van der Waals surface area contributed by atoms with Gasteiger partial charge < -0.3 is 9.87 Å². The molecule has 3 N–H and O–H groups in total. The number of carbonyl (C=O) groups is 3. The highest BCUT2D eigenvalue weighted by molar-refractivity contribution is 8.00. The lowest BCUT2D eigenvalue weighted by atomic mass is 10.1. The lowest BCUT2D eigenvalue weighted by Crippen LogP contribution is -2.45. The van der Waals surface area contributed by atoms with Gasteiger partial charge >= 0.3 is 0 Å². The van der Waals surface area contributed by atoms with Gasteiger partial charge in [-0.25, -0.2) is 14.7 Å². The van der Waals surface area contributed by atoms with Gasteiger partial charge in [-0.1, -0.05) is 17.2 Å². The molecule has 35 heavy (non-hydrogen) atoms. The standard InChI is InChI=1S/C21H22N6O6S2/c1-4-15(28)25-21-22-10(2)20(34-21)35(32,33)26-13-7-5-6-12-17(13)19(31)27(11(3)23-12)14-8-9-16(29)24-18(14)30/h5-7,14H,4,8-9H2,1-3H3,(H3-,22,24,25,26,28,29,30,31,32,33). The number of amides is 3. The van der Waals surface area contributed by atoms with E-state index < -0.39 is 33.8 Å². The first-order chi connectivity index (χ1) is 16.5. The van der Waals surface area contributed by atoms with Gasteiger partial charge in [0.15, 0.2) is 15.5 Å². The average molecular weight is 519 g/mol. The molecule has 0 aliphatic carbocycles. The quantitative estimate of drug-likeness (QED) is 0.327. The third-order valence-electron chi connectivity index (χ3n) is 5.44. The minimum absolute atomic E-state index is 0.0203. The van der Waals surface area contributed by atoms with Gasteiger partial charge in [-0.2, -0.15) is 0 Å². The number of fused-ring (bicyclic) bond motifs is 1. The highest BCUT2D eigenvalue weighted by Crippen LogP contribution is 2.33. The SMILES string of the molecule is CCC(=O)Nc1nc(C)c([S+](=O)([O-])Nc2cccc3nc(C)n(C4CCC(=O)NC4=O)c(=O)c23)s1. The molecule has 1 aromatic carbocycles. The maximum Gasteiger partial charge on any atom is 0.264 e. The van der Waals surface area contributed by atoms with Gasteiger partial charge in [-0.05, 0) is 43.7 Å². The van der Waals surface area contributed by atoms with Gasteiger partial charge in [0, 0.05) is 12.8 Å². The number of anilines is 2. The summed E-state index contributed by atoms with van der Waals surface area (Å²) in [6.07, 6.45) is 0.399. The summed E-state index contributed by atoms with van der Waals surface area (Å²) in [6.45, 7) is 4.72. The minimum Gasteiger partial charge on any atom is -0.588 e. The van der Waals surface area contributed by atoms with Crippen LogP contribution in [0, 0.1) is 13.8 Å². The van der Waals surface area contributed by atoms with Crippen molar-refractivity contribution < 1.29 is 23.1 Å². The fraction of sp³-hybridized carbons (Fsp3) is 0.333. The molecule has 0 spiro atoms. The molecule has 1 aliphatic rings. The highest BCUT2D eigenvalue weighted by Gasteiger charge is 2.32. The van der Waals surface area contributed by atoms with Crippen molar-refractivity contribution in [2.45, 2.75) is 50.3 Å². The summed E-state index contributed by atoms with van der Waals surface area (Å²) < 4.78 is 29.9.